The second kappa shape index (κ2) is 9.18. The molecule has 3 nitrogen and oxygen atoms in total. The highest BCUT2D eigenvalue weighted by Gasteiger charge is 2.41. The molecule has 0 spiro atoms. The smallest absolute Gasteiger partial charge is 0.250 e. The summed E-state index contributed by atoms with van der Waals surface area (Å²) in [4.78, 5) is 15.4. The SMILES string of the molecule is CC(C)N(C(=O)[C@@H](CCc1ccccc1)O[Si](C)(C)C(C)(C)C)C(C)C. The largest absolute Gasteiger partial charge is 0.405 e. The summed E-state index contributed by atoms with van der Waals surface area (Å²) in [6.07, 6.45) is 1.21. The molecule has 0 saturated carbocycles. The Morgan fingerprint density at radius 1 is 1.04 bits per heavy atom. The average Bonchev–Trinajstić information content (AvgIpc) is 2.50. The molecule has 0 radical (unpaired) electrons. The van der Waals surface area contributed by atoms with E-state index in [0.717, 1.165) is 12.8 Å². The van der Waals surface area contributed by atoms with Crippen molar-refractivity contribution < 1.29 is 9.22 Å². The van der Waals surface area contributed by atoms with E-state index in [1.54, 1.807) is 0 Å². The van der Waals surface area contributed by atoms with Crippen LogP contribution in [0.1, 0.15) is 60.5 Å². The molecule has 0 aliphatic heterocycles. The molecule has 1 aromatic carbocycles. The molecular weight excluding hydrogens is 338 g/mol. The fourth-order valence-electron chi connectivity index (χ4n) is 2.98. The Balaban J connectivity index is 3.05. The molecule has 1 amide bonds. The summed E-state index contributed by atoms with van der Waals surface area (Å²) >= 11 is 0. The van der Waals surface area contributed by atoms with Gasteiger partial charge in [-0.05, 0) is 64.2 Å². The van der Waals surface area contributed by atoms with Crippen molar-refractivity contribution in [3.8, 4) is 0 Å². The minimum Gasteiger partial charge on any atom is -0.405 e. The fraction of sp³-hybridized carbons (Fsp3) is 0.682. The van der Waals surface area contributed by atoms with Crippen molar-refractivity contribution in [3.63, 3.8) is 0 Å². The lowest BCUT2D eigenvalue weighted by Crippen LogP contribution is -2.53. The van der Waals surface area contributed by atoms with E-state index in [2.05, 4.69) is 85.8 Å². The molecule has 0 saturated heterocycles. The third kappa shape index (κ3) is 6.24. The zero-order valence-electron chi connectivity index (χ0n) is 18.3. The van der Waals surface area contributed by atoms with Crippen molar-refractivity contribution in [3.05, 3.63) is 35.9 Å². The van der Waals surface area contributed by atoms with Gasteiger partial charge in [0.25, 0.3) is 5.91 Å². The summed E-state index contributed by atoms with van der Waals surface area (Å²) in [5, 5.41) is 0.0821. The van der Waals surface area contributed by atoms with E-state index in [1.807, 2.05) is 11.0 Å². The second-order valence-electron chi connectivity index (χ2n) is 9.32. The number of carbonyl (C=O) groups excluding carboxylic acids is 1. The topological polar surface area (TPSA) is 29.5 Å². The quantitative estimate of drug-likeness (QED) is 0.547. The molecule has 1 rings (SSSR count). The highest BCUT2D eigenvalue weighted by atomic mass is 28.4. The van der Waals surface area contributed by atoms with E-state index < -0.39 is 8.32 Å². The van der Waals surface area contributed by atoms with Crippen molar-refractivity contribution in [2.45, 2.75) is 97.6 Å². The minimum atomic E-state index is -2.03. The molecule has 0 heterocycles. The summed E-state index contributed by atoms with van der Waals surface area (Å²) in [7, 11) is -2.03. The second-order valence-corrected chi connectivity index (χ2v) is 14.1. The molecule has 0 fully saturated rings. The zero-order valence-corrected chi connectivity index (χ0v) is 19.3. The average molecular weight is 378 g/mol. The predicted molar refractivity (Wildman–Crippen MR) is 114 cm³/mol. The maximum Gasteiger partial charge on any atom is 0.250 e. The molecule has 148 valence electrons. The molecule has 0 aliphatic rings. The summed E-state index contributed by atoms with van der Waals surface area (Å²) < 4.78 is 6.61. The Hall–Kier alpha value is -1.13. The molecule has 0 unspecified atom stereocenters. The van der Waals surface area contributed by atoms with Crippen LogP contribution >= 0.6 is 0 Å². The first-order valence-electron chi connectivity index (χ1n) is 9.90. The van der Waals surface area contributed by atoms with E-state index in [4.69, 9.17) is 4.43 Å². The Morgan fingerprint density at radius 2 is 1.54 bits per heavy atom. The molecule has 0 aliphatic carbocycles. The van der Waals surface area contributed by atoms with Gasteiger partial charge in [-0.1, -0.05) is 51.1 Å². The van der Waals surface area contributed by atoms with E-state index in [-0.39, 0.29) is 29.1 Å². The Bertz CT molecular complexity index is 553. The van der Waals surface area contributed by atoms with E-state index in [1.165, 1.54) is 5.56 Å². The minimum absolute atomic E-state index is 0.0821. The number of hydrogen-bond donors (Lipinski definition) is 0. The van der Waals surface area contributed by atoms with E-state index >= 15 is 0 Å². The first-order valence-corrected chi connectivity index (χ1v) is 12.8. The van der Waals surface area contributed by atoms with Gasteiger partial charge in [-0.3, -0.25) is 4.79 Å². The Labute approximate surface area is 162 Å². The number of benzene rings is 1. The summed E-state index contributed by atoms with van der Waals surface area (Å²) in [6, 6.07) is 10.7. The number of hydrogen-bond acceptors (Lipinski definition) is 2. The monoisotopic (exact) mass is 377 g/mol. The fourth-order valence-corrected chi connectivity index (χ4v) is 4.26. The van der Waals surface area contributed by atoms with Gasteiger partial charge in [0.05, 0.1) is 0 Å². The van der Waals surface area contributed by atoms with Crippen LogP contribution in [0.4, 0.5) is 0 Å². The van der Waals surface area contributed by atoms with Crippen LogP contribution in [0.15, 0.2) is 30.3 Å². The van der Waals surface area contributed by atoms with Crippen molar-refractivity contribution in [2.75, 3.05) is 0 Å². The van der Waals surface area contributed by atoms with Crippen LogP contribution in [0.3, 0.4) is 0 Å². The number of rotatable bonds is 8. The van der Waals surface area contributed by atoms with E-state index in [9.17, 15) is 4.79 Å². The van der Waals surface area contributed by atoms with Gasteiger partial charge in [0.2, 0.25) is 0 Å². The van der Waals surface area contributed by atoms with Gasteiger partial charge in [0, 0.05) is 12.1 Å². The van der Waals surface area contributed by atoms with Gasteiger partial charge < -0.3 is 9.33 Å². The molecule has 0 N–H and O–H groups in total. The number of nitrogens with zero attached hydrogens (tertiary/aromatic N) is 1. The van der Waals surface area contributed by atoms with Gasteiger partial charge in [0.1, 0.15) is 6.10 Å². The lowest BCUT2D eigenvalue weighted by Gasteiger charge is -2.41. The molecule has 1 atom stereocenters. The van der Waals surface area contributed by atoms with Crippen LogP contribution in [0, 0.1) is 0 Å². The van der Waals surface area contributed by atoms with Gasteiger partial charge in [0.15, 0.2) is 8.32 Å². The lowest BCUT2D eigenvalue weighted by atomic mass is 10.1. The van der Waals surface area contributed by atoms with Gasteiger partial charge in [-0.15, -0.1) is 0 Å². The maximum absolute atomic E-state index is 13.4. The third-order valence-corrected chi connectivity index (χ3v) is 9.91. The normalized spacial score (nSPS) is 14.0. The van der Waals surface area contributed by atoms with Gasteiger partial charge in [-0.2, -0.15) is 0 Å². The molecule has 4 heteroatoms. The van der Waals surface area contributed by atoms with Crippen LogP contribution in [-0.2, 0) is 15.6 Å². The van der Waals surface area contributed by atoms with Crippen molar-refractivity contribution in [2.24, 2.45) is 0 Å². The molecule has 0 aromatic heterocycles. The van der Waals surface area contributed by atoms with Crippen LogP contribution in [-0.4, -0.2) is 37.3 Å². The third-order valence-electron chi connectivity index (χ3n) is 5.42. The zero-order chi connectivity index (χ0) is 20.1. The summed E-state index contributed by atoms with van der Waals surface area (Å²) in [6.45, 7) is 19.4. The number of aryl methyl sites for hydroxylation is 1. The number of carbonyl (C=O) groups is 1. The molecule has 0 bridgehead atoms. The highest BCUT2D eigenvalue weighted by molar-refractivity contribution is 6.74. The summed E-state index contributed by atoms with van der Waals surface area (Å²) in [5.41, 5.74) is 1.25. The first-order chi connectivity index (χ1) is 11.9. The summed E-state index contributed by atoms with van der Waals surface area (Å²) in [5.74, 6) is 0.135. The van der Waals surface area contributed by atoms with Gasteiger partial charge >= 0.3 is 0 Å². The molecule has 1 aromatic rings. The molecule has 26 heavy (non-hydrogen) atoms. The van der Waals surface area contributed by atoms with Crippen LogP contribution in [0.2, 0.25) is 18.1 Å². The Morgan fingerprint density at radius 3 is 1.96 bits per heavy atom. The lowest BCUT2D eigenvalue weighted by molar-refractivity contribution is -0.143. The van der Waals surface area contributed by atoms with Crippen LogP contribution < -0.4 is 0 Å². The maximum atomic E-state index is 13.4. The van der Waals surface area contributed by atoms with Crippen molar-refractivity contribution >= 4 is 14.2 Å². The Kier molecular flexibility index (Phi) is 8.09. The first kappa shape index (κ1) is 22.9. The van der Waals surface area contributed by atoms with Crippen molar-refractivity contribution in [1.29, 1.82) is 0 Å². The van der Waals surface area contributed by atoms with E-state index in [0.29, 0.717) is 0 Å². The van der Waals surface area contributed by atoms with Crippen molar-refractivity contribution in [1.82, 2.24) is 4.90 Å². The van der Waals surface area contributed by atoms with Crippen LogP contribution in [0.5, 0.6) is 0 Å². The van der Waals surface area contributed by atoms with Crippen LogP contribution in [0.25, 0.3) is 0 Å². The van der Waals surface area contributed by atoms with Gasteiger partial charge in [-0.25, -0.2) is 0 Å². The highest BCUT2D eigenvalue weighted by Crippen LogP contribution is 2.38. The number of amides is 1. The molecular formula is C22H39NO2Si. The predicted octanol–water partition coefficient (Wildman–Crippen LogP) is 5.66. The standard InChI is InChI=1S/C22H39NO2Si/c1-17(2)23(18(3)4)21(24)20(25-26(8,9)22(5,6)7)16-15-19-13-11-10-12-14-19/h10-14,17-18,20H,15-16H2,1-9H3/t20-/m1/s1.